The number of carbonyl (C=O) groups excluding carboxylic acids is 2. The van der Waals surface area contributed by atoms with E-state index in [1.54, 1.807) is 26.0 Å². The number of hydrogen-bond acceptors (Lipinski definition) is 3. The minimum Gasteiger partial charge on any atom is -0.391 e. The highest BCUT2D eigenvalue weighted by Gasteiger charge is 2.39. The van der Waals surface area contributed by atoms with Crippen molar-refractivity contribution in [3.8, 4) is 0 Å². The highest BCUT2D eigenvalue weighted by Crippen LogP contribution is 2.38. The molecule has 0 spiro atoms. The molecular weight excluding hydrogens is 407 g/mol. The van der Waals surface area contributed by atoms with Crippen LogP contribution in [0.3, 0.4) is 0 Å². The number of rotatable bonds is 6. The lowest BCUT2D eigenvalue weighted by Crippen LogP contribution is -2.47. The Balaban J connectivity index is 1.83. The van der Waals surface area contributed by atoms with Gasteiger partial charge in [0.1, 0.15) is 5.82 Å². The van der Waals surface area contributed by atoms with Crippen molar-refractivity contribution in [1.29, 1.82) is 0 Å². The topological polar surface area (TPSA) is 78.4 Å². The molecule has 0 aromatic heterocycles. The van der Waals surface area contributed by atoms with E-state index in [4.69, 9.17) is 0 Å². The van der Waals surface area contributed by atoms with Crippen molar-refractivity contribution >= 4 is 11.8 Å². The fraction of sp³-hybridized carbons (Fsp3) is 0.462. The SMILES string of the molecule is CC(=O)N[C@H]1CC[C@](CNC(=O)C(C)(C)c2cccc(F)c2)(c2ccccc2)CC[C@@H]1O. The lowest BCUT2D eigenvalue weighted by Gasteiger charge is -2.35. The molecule has 5 nitrogen and oxygen atoms in total. The van der Waals surface area contributed by atoms with Gasteiger partial charge in [0.15, 0.2) is 0 Å². The molecule has 1 aliphatic carbocycles. The predicted molar refractivity (Wildman–Crippen MR) is 123 cm³/mol. The van der Waals surface area contributed by atoms with Gasteiger partial charge in [-0.05, 0) is 62.8 Å². The summed E-state index contributed by atoms with van der Waals surface area (Å²) in [6.07, 6.45) is 1.88. The van der Waals surface area contributed by atoms with Crippen molar-refractivity contribution in [2.45, 2.75) is 69.4 Å². The molecular formula is C26H33FN2O3. The Morgan fingerprint density at radius 2 is 1.78 bits per heavy atom. The molecule has 0 aliphatic heterocycles. The maximum atomic E-state index is 13.7. The predicted octanol–water partition coefficient (Wildman–Crippen LogP) is 3.60. The number of halogens is 1. The average molecular weight is 441 g/mol. The van der Waals surface area contributed by atoms with Crippen LogP contribution in [-0.4, -0.2) is 35.6 Å². The standard InChI is InChI=1S/C26H33FN2O3/c1-18(30)29-22-12-14-26(15-13-23(22)31,19-8-5-4-6-9-19)17-28-24(32)25(2,3)20-10-7-11-21(27)16-20/h4-11,16,22-23,31H,12-15,17H2,1-3H3,(H,28,32)(H,29,30)/t22-,23-,26-/m0/s1. The van der Waals surface area contributed by atoms with Crippen molar-refractivity contribution in [2.75, 3.05) is 6.54 Å². The zero-order chi connectivity index (χ0) is 23.4. The number of aliphatic hydroxyl groups is 1. The molecule has 3 atom stereocenters. The van der Waals surface area contributed by atoms with Gasteiger partial charge in [-0.2, -0.15) is 0 Å². The first-order chi connectivity index (χ1) is 15.1. The van der Waals surface area contributed by atoms with E-state index >= 15 is 0 Å². The Labute approximate surface area is 189 Å². The van der Waals surface area contributed by atoms with Gasteiger partial charge in [0.05, 0.1) is 17.6 Å². The van der Waals surface area contributed by atoms with E-state index in [-0.39, 0.29) is 29.1 Å². The van der Waals surface area contributed by atoms with Crippen LogP contribution in [0.2, 0.25) is 0 Å². The number of nitrogens with one attached hydrogen (secondary N) is 2. The fourth-order valence-electron chi connectivity index (χ4n) is 4.64. The average Bonchev–Trinajstić information content (AvgIpc) is 2.92. The van der Waals surface area contributed by atoms with Gasteiger partial charge in [-0.3, -0.25) is 9.59 Å². The monoisotopic (exact) mass is 440 g/mol. The van der Waals surface area contributed by atoms with Crippen LogP contribution >= 0.6 is 0 Å². The van der Waals surface area contributed by atoms with Crippen LogP contribution in [0.25, 0.3) is 0 Å². The number of hydrogen-bond donors (Lipinski definition) is 3. The quantitative estimate of drug-likeness (QED) is 0.601. The van der Waals surface area contributed by atoms with E-state index in [9.17, 15) is 19.1 Å². The molecule has 0 heterocycles. The molecule has 1 aliphatic rings. The summed E-state index contributed by atoms with van der Waals surface area (Å²) in [5.41, 5.74) is 0.442. The third-order valence-electron chi connectivity index (χ3n) is 6.79. The van der Waals surface area contributed by atoms with Crippen LogP contribution in [0.5, 0.6) is 0 Å². The summed E-state index contributed by atoms with van der Waals surface area (Å²) in [7, 11) is 0. The molecule has 0 saturated heterocycles. The molecule has 1 fully saturated rings. The molecule has 2 aromatic carbocycles. The van der Waals surface area contributed by atoms with Crippen LogP contribution in [0.4, 0.5) is 4.39 Å². The van der Waals surface area contributed by atoms with Gasteiger partial charge in [-0.1, -0.05) is 42.5 Å². The van der Waals surface area contributed by atoms with E-state index in [1.807, 2.05) is 18.2 Å². The number of carbonyl (C=O) groups is 2. The number of benzene rings is 2. The zero-order valence-corrected chi connectivity index (χ0v) is 19.0. The summed E-state index contributed by atoms with van der Waals surface area (Å²) in [6, 6.07) is 15.8. The maximum Gasteiger partial charge on any atom is 0.230 e. The second-order valence-corrected chi connectivity index (χ2v) is 9.42. The number of amides is 2. The van der Waals surface area contributed by atoms with Crippen molar-refractivity contribution in [3.63, 3.8) is 0 Å². The van der Waals surface area contributed by atoms with Gasteiger partial charge in [-0.15, -0.1) is 0 Å². The maximum absolute atomic E-state index is 13.7. The van der Waals surface area contributed by atoms with E-state index in [0.29, 0.717) is 37.8 Å². The van der Waals surface area contributed by atoms with E-state index < -0.39 is 11.5 Å². The Bertz CT molecular complexity index is 947. The van der Waals surface area contributed by atoms with Crippen molar-refractivity contribution in [1.82, 2.24) is 10.6 Å². The van der Waals surface area contributed by atoms with Gasteiger partial charge >= 0.3 is 0 Å². The molecule has 32 heavy (non-hydrogen) atoms. The molecule has 0 radical (unpaired) electrons. The Morgan fingerprint density at radius 3 is 2.44 bits per heavy atom. The van der Waals surface area contributed by atoms with Gasteiger partial charge in [0.25, 0.3) is 0 Å². The lowest BCUT2D eigenvalue weighted by atomic mass is 9.73. The Hall–Kier alpha value is -2.73. The Morgan fingerprint density at radius 1 is 1.09 bits per heavy atom. The Kier molecular flexibility index (Phi) is 7.34. The molecule has 3 N–H and O–H groups in total. The van der Waals surface area contributed by atoms with E-state index in [0.717, 1.165) is 5.56 Å². The molecule has 3 rings (SSSR count). The molecule has 1 saturated carbocycles. The summed E-state index contributed by atoms with van der Waals surface area (Å²) in [5.74, 6) is -0.709. The van der Waals surface area contributed by atoms with Crippen LogP contribution in [0.1, 0.15) is 57.6 Å². The van der Waals surface area contributed by atoms with Crippen LogP contribution < -0.4 is 10.6 Å². The summed E-state index contributed by atoms with van der Waals surface area (Å²) in [4.78, 5) is 24.8. The van der Waals surface area contributed by atoms with Gasteiger partial charge in [0, 0.05) is 18.9 Å². The minimum absolute atomic E-state index is 0.161. The molecule has 6 heteroatoms. The normalized spacial score (nSPS) is 23.8. The summed E-state index contributed by atoms with van der Waals surface area (Å²) < 4.78 is 13.7. The minimum atomic E-state index is -0.900. The molecule has 0 bridgehead atoms. The van der Waals surface area contributed by atoms with Gasteiger partial charge in [-0.25, -0.2) is 4.39 Å². The van der Waals surface area contributed by atoms with E-state index in [1.165, 1.54) is 19.1 Å². The second kappa shape index (κ2) is 9.82. The smallest absolute Gasteiger partial charge is 0.230 e. The zero-order valence-electron chi connectivity index (χ0n) is 19.0. The highest BCUT2D eigenvalue weighted by molar-refractivity contribution is 5.87. The summed E-state index contributed by atoms with van der Waals surface area (Å²) in [6.45, 7) is 5.43. The third kappa shape index (κ3) is 5.36. The summed E-state index contributed by atoms with van der Waals surface area (Å²) in [5, 5.41) is 16.6. The molecule has 2 aromatic rings. The second-order valence-electron chi connectivity index (χ2n) is 9.42. The van der Waals surface area contributed by atoms with Crippen LogP contribution in [0, 0.1) is 5.82 Å². The van der Waals surface area contributed by atoms with Crippen LogP contribution in [0.15, 0.2) is 54.6 Å². The van der Waals surface area contributed by atoms with Gasteiger partial charge in [0.2, 0.25) is 11.8 Å². The molecule has 0 unspecified atom stereocenters. The first-order valence-electron chi connectivity index (χ1n) is 11.2. The van der Waals surface area contributed by atoms with Crippen molar-refractivity contribution in [3.05, 3.63) is 71.5 Å². The number of aliphatic hydroxyl groups excluding tert-OH is 1. The van der Waals surface area contributed by atoms with Crippen molar-refractivity contribution in [2.24, 2.45) is 0 Å². The largest absolute Gasteiger partial charge is 0.391 e. The first-order valence-corrected chi connectivity index (χ1v) is 11.2. The lowest BCUT2D eigenvalue weighted by molar-refractivity contribution is -0.126. The molecule has 2 amide bonds. The van der Waals surface area contributed by atoms with Crippen molar-refractivity contribution < 1.29 is 19.1 Å². The summed E-state index contributed by atoms with van der Waals surface area (Å²) >= 11 is 0. The van der Waals surface area contributed by atoms with Crippen LogP contribution in [-0.2, 0) is 20.4 Å². The fourth-order valence-corrected chi connectivity index (χ4v) is 4.64. The molecule has 172 valence electrons. The first kappa shape index (κ1) is 23.9. The van der Waals surface area contributed by atoms with Gasteiger partial charge < -0.3 is 15.7 Å². The highest BCUT2D eigenvalue weighted by atomic mass is 19.1. The van der Waals surface area contributed by atoms with E-state index in [2.05, 4.69) is 22.8 Å². The third-order valence-corrected chi connectivity index (χ3v) is 6.79.